The zero-order valence-electron chi connectivity index (χ0n) is 13.1. The predicted molar refractivity (Wildman–Crippen MR) is 93.0 cm³/mol. The molecule has 0 aromatic heterocycles. The first-order valence-corrected chi connectivity index (χ1v) is 7.47. The van der Waals surface area contributed by atoms with E-state index < -0.39 is 23.4 Å². The van der Waals surface area contributed by atoms with E-state index in [0.717, 1.165) is 6.07 Å². The fraction of sp³-hybridized carbons (Fsp3) is 0.125. The molecule has 0 aliphatic carbocycles. The van der Waals surface area contributed by atoms with Gasteiger partial charge in [-0.3, -0.25) is 14.9 Å². The van der Waals surface area contributed by atoms with Crippen molar-refractivity contribution in [2.45, 2.75) is 0 Å². The summed E-state index contributed by atoms with van der Waals surface area (Å²) in [5.41, 5.74) is 0.435. The second-order valence-corrected chi connectivity index (χ2v) is 5.31. The molecule has 0 saturated carbocycles. The number of hydrogen-bond donors (Lipinski definition) is 2. The molecule has 0 fully saturated rings. The highest BCUT2D eigenvalue weighted by molar-refractivity contribution is 6.30. The summed E-state index contributed by atoms with van der Waals surface area (Å²) in [6, 6.07) is 10.3. The summed E-state index contributed by atoms with van der Waals surface area (Å²) in [6.07, 6.45) is 0. The Morgan fingerprint density at radius 2 is 2.00 bits per heavy atom. The molecule has 0 atom stereocenters. The van der Waals surface area contributed by atoms with E-state index in [-0.39, 0.29) is 16.9 Å². The molecule has 2 aromatic carbocycles. The number of nitro groups is 1. The van der Waals surface area contributed by atoms with Gasteiger partial charge in [0.1, 0.15) is 5.69 Å². The van der Waals surface area contributed by atoms with Gasteiger partial charge in [-0.2, -0.15) is 0 Å². The molecule has 0 unspecified atom stereocenters. The first-order valence-electron chi connectivity index (χ1n) is 7.09. The van der Waals surface area contributed by atoms with Crippen LogP contribution in [0, 0.1) is 10.1 Å². The van der Waals surface area contributed by atoms with Crippen LogP contribution in [0.1, 0.15) is 10.4 Å². The van der Waals surface area contributed by atoms with Crippen LogP contribution in [0.25, 0.3) is 0 Å². The Balaban J connectivity index is 1.99. The van der Waals surface area contributed by atoms with Crippen LogP contribution in [0.2, 0.25) is 5.02 Å². The Labute approximate surface area is 147 Å². The molecule has 1 amide bonds. The van der Waals surface area contributed by atoms with Gasteiger partial charge in [-0.15, -0.1) is 0 Å². The smallest absolute Gasteiger partial charge is 0.338 e. The summed E-state index contributed by atoms with van der Waals surface area (Å²) < 4.78 is 4.87. The van der Waals surface area contributed by atoms with Crippen molar-refractivity contribution in [2.24, 2.45) is 0 Å². The Kier molecular flexibility index (Phi) is 5.91. The van der Waals surface area contributed by atoms with Crippen molar-refractivity contribution >= 4 is 40.5 Å². The third-order valence-corrected chi connectivity index (χ3v) is 3.38. The molecule has 8 nitrogen and oxygen atoms in total. The predicted octanol–water partition coefficient (Wildman–Crippen LogP) is 3.09. The molecule has 2 rings (SSSR count). The Hall–Kier alpha value is -3.13. The number of amides is 1. The molecule has 0 radical (unpaired) electrons. The molecule has 9 heteroatoms. The Morgan fingerprint density at radius 1 is 1.24 bits per heavy atom. The molecule has 0 heterocycles. The van der Waals surface area contributed by atoms with E-state index in [9.17, 15) is 19.7 Å². The third-order valence-electron chi connectivity index (χ3n) is 3.14. The van der Waals surface area contributed by atoms with E-state index in [2.05, 4.69) is 10.6 Å². The van der Waals surface area contributed by atoms with Crippen molar-refractivity contribution in [1.29, 1.82) is 0 Å². The first kappa shape index (κ1) is 18.2. The number of hydrogen-bond acceptors (Lipinski definition) is 6. The van der Waals surface area contributed by atoms with E-state index in [0.29, 0.717) is 10.7 Å². The third kappa shape index (κ3) is 4.92. The fourth-order valence-electron chi connectivity index (χ4n) is 2.00. The lowest BCUT2D eigenvalue weighted by atomic mass is 10.1. The van der Waals surface area contributed by atoms with Gasteiger partial charge < -0.3 is 15.4 Å². The number of rotatable bonds is 6. The minimum Gasteiger partial charge on any atom is -0.452 e. The number of carbonyl (C=O) groups excluding carboxylic acids is 2. The van der Waals surface area contributed by atoms with Crippen LogP contribution >= 0.6 is 11.6 Å². The monoisotopic (exact) mass is 363 g/mol. The Morgan fingerprint density at radius 3 is 2.64 bits per heavy atom. The van der Waals surface area contributed by atoms with Crippen LogP contribution in [-0.2, 0) is 9.53 Å². The van der Waals surface area contributed by atoms with Gasteiger partial charge in [0, 0.05) is 23.8 Å². The number of nitrogens with zero attached hydrogens (tertiary/aromatic N) is 1. The van der Waals surface area contributed by atoms with Crippen LogP contribution in [0.5, 0.6) is 0 Å². The Bertz CT molecular complexity index is 825. The maximum Gasteiger partial charge on any atom is 0.338 e. The zero-order chi connectivity index (χ0) is 18.4. The SMILES string of the molecule is CNc1ccc(C(=O)OCC(=O)Nc2cccc(Cl)c2)cc1[N+](=O)[O-]. The fourth-order valence-corrected chi connectivity index (χ4v) is 2.19. The average Bonchev–Trinajstić information content (AvgIpc) is 2.59. The highest BCUT2D eigenvalue weighted by atomic mass is 35.5. The van der Waals surface area contributed by atoms with Gasteiger partial charge in [0.05, 0.1) is 10.5 Å². The van der Waals surface area contributed by atoms with Crippen molar-refractivity contribution in [3.05, 3.63) is 63.2 Å². The molecule has 0 spiro atoms. The van der Waals surface area contributed by atoms with Gasteiger partial charge in [0.2, 0.25) is 0 Å². The van der Waals surface area contributed by atoms with Crippen molar-refractivity contribution in [3.8, 4) is 0 Å². The number of ether oxygens (including phenoxy) is 1. The minimum absolute atomic E-state index is 0.0266. The van der Waals surface area contributed by atoms with Crippen molar-refractivity contribution < 1.29 is 19.2 Å². The van der Waals surface area contributed by atoms with E-state index in [1.165, 1.54) is 19.2 Å². The van der Waals surface area contributed by atoms with Gasteiger partial charge in [-0.05, 0) is 30.3 Å². The maximum absolute atomic E-state index is 12.0. The molecule has 0 bridgehead atoms. The number of carbonyl (C=O) groups is 2. The lowest BCUT2D eigenvalue weighted by molar-refractivity contribution is -0.384. The highest BCUT2D eigenvalue weighted by Gasteiger charge is 2.18. The molecule has 2 N–H and O–H groups in total. The van der Waals surface area contributed by atoms with Gasteiger partial charge in [0.15, 0.2) is 6.61 Å². The van der Waals surface area contributed by atoms with Gasteiger partial charge in [-0.25, -0.2) is 4.79 Å². The number of nitrogens with one attached hydrogen (secondary N) is 2. The van der Waals surface area contributed by atoms with Gasteiger partial charge in [0.25, 0.3) is 11.6 Å². The lowest BCUT2D eigenvalue weighted by Gasteiger charge is -2.08. The normalized spacial score (nSPS) is 10.0. The zero-order valence-corrected chi connectivity index (χ0v) is 13.9. The summed E-state index contributed by atoms with van der Waals surface area (Å²) in [7, 11) is 1.53. The quantitative estimate of drug-likeness (QED) is 0.463. The van der Waals surface area contributed by atoms with Crippen molar-refractivity contribution in [2.75, 3.05) is 24.3 Å². The summed E-state index contributed by atoms with van der Waals surface area (Å²) >= 11 is 5.80. The van der Waals surface area contributed by atoms with E-state index in [1.807, 2.05) is 0 Å². The number of halogens is 1. The second kappa shape index (κ2) is 8.11. The minimum atomic E-state index is -0.841. The van der Waals surface area contributed by atoms with Gasteiger partial charge >= 0.3 is 5.97 Å². The summed E-state index contributed by atoms with van der Waals surface area (Å²) in [5, 5.41) is 16.6. The van der Waals surface area contributed by atoms with Crippen LogP contribution in [-0.4, -0.2) is 30.5 Å². The molecular formula is C16H14ClN3O5. The largest absolute Gasteiger partial charge is 0.452 e. The highest BCUT2D eigenvalue weighted by Crippen LogP contribution is 2.25. The maximum atomic E-state index is 12.0. The average molecular weight is 364 g/mol. The van der Waals surface area contributed by atoms with Crippen LogP contribution in [0.3, 0.4) is 0 Å². The van der Waals surface area contributed by atoms with Crippen molar-refractivity contribution in [1.82, 2.24) is 0 Å². The molecule has 130 valence electrons. The molecule has 0 aliphatic rings. The molecule has 25 heavy (non-hydrogen) atoms. The van der Waals surface area contributed by atoms with Crippen LogP contribution in [0.4, 0.5) is 17.1 Å². The van der Waals surface area contributed by atoms with Crippen molar-refractivity contribution in [3.63, 3.8) is 0 Å². The van der Waals surface area contributed by atoms with E-state index >= 15 is 0 Å². The number of esters is 1. The van der Waals surface area contributed by atoms with E-state index in [4.69, 9.17) is 16.3 Å². The molecule has 0 saturated heterocycles. The second-order valence-electron chi connectivity index (χ2n) is 4.87. The summed E-state index contributed by atoms with van der Waals surface area (Å²) in [6.45, 7) is -0.535. The first-order chi connectivity index (χ1) is 11.9. The summed E-state index contributed by atoms with van der Waals surface area (Å²) in [5.74, 6) is -1.40. The standard InChI is InChI=1S/C16H14ClN3O5/c1-18-13-6-5-10(7-14(13)20(23)24)16(22)25-9-15(21)19-12-4-2-3-11(17)8-12/h2-8,18H,9H2,1H3,(H,19,21). The van der Waals surface area contributed by atoms with E-state index in [1.54, 1.807) is 24.3 Å². The topological polar surface area (TPSA) is 111 Å². The molecular weight excluding hydrogens is 350 g/mol. The molecule has 0 aliphatic heterocycles. The number of nitro benzene ring substituents is 1. The molecule has 2 aromatic rings. The van der Waals surface area contributed by atoms with Gasteiger partial charge in [-0.1, -0.05) is 17.7 Å². The lowest BCUT2D eigenvalue weighted by Crippen LogP contribution is -2.21. The number of anilines is 2. The van der Waals surface area contributed by atoms with Crippen LogP contribution in [0.15, 0.2) is 42.5 Å². The summed E-state index contributed by atoms with van der Waals surface area (Å²) in [4.78, 5) is 34.1. The van der Waals surface area contributed by atoms with Crippen LogP contribution < -0.4 is 10.6 Å². The number of benzene rings is 2.